The maximum Gasteiger partial charge on any atom is 0.416 e. The number of amides is 1. The van der Waals surface area contributed by atoms with Crippen molar-refractivity contribution in [3.8, 4) is 6.07 Å². The Kier molecular flexibility index (Phi) is 6.79. The fourth-order valence-corrected chi connectivity index (χ4v) is 4.18. The van der Waals surface area contributed by atoms with E-state index in [1.807, 2.05) is 49.1 Å². The molecule has 32 heavy (non-hydrogen) atoms. The van der Waals surface area contributed by atoms with Crippen molar-refractivity contribution in [2.24, 2.45) is 0 Å². The van der Waals surface area contributed by atoms with Gasteiger partial charge in [0, 0.05) is 25.2 Å². The molecule has 1 aliphatic rings. The molecule has 1 heterocycles. The van der Waals surface area contributed by atoms with E-state index in [2.05, 4.69) is 16.3 Å². The Balaban J connectivity index is 1.84. The van der Waals surface area contributed by atoms with E-state index >= 15 is 0 Å². The number of carbonyl (C=O) groups excluding carboxylic acids is 1. The first-order chi connectivity index (χ1) is 15.1. The molecule has 2 aromatic rings. The molecule has 1 unspecified atom stereocenters. The standard InChI is InChI=1S/C24H27F3N4O/c1-17(2)31(23(14-28)15-30(16-23)21-7-5-4-6-8-21)13-22(29-18(3)32)19-9-11-20(12-10-19)24(25,26)27/h4-12,17,22H,13,15-16H2,1-3H3,(H,29,32). The van der Waals surface area contributed by atoms with E-state index in [4.69, 9.17) is 0 Å². The normalized spacial score (nSPS) is 16.4. The minimum absolute atomic E-state index is 0.0155. The largest absolute Gasteiger partial charge is 0.416 e. The molecule has 1 fully saturated rings. The van der Waals surface area contributed by atoms with E-state index in [1.165, 1.54) is 19.1 Å². The number of nitrogens with one attached hydrogen (secondary N) is 1. The zero-order chi connectivity index (χ0) is 23.5. The van der Waals surface area contributed by atoms with E-state index in [1.54, 1.807) is 0 Å². The first kappa shape index (κ1) is 23.6. The average molecular weight is 445 g/mol. The van der Waals surface area contributed by atoms with Gasteiger partial charge in [0.15, 0.2) is 0 Å². The van der Waals surface area contributed by atoms with E-state index in [-0.39, 0.29) is 11.9 Å². The van der Waals surface area contributed by atoms with Crippen molar-refractivity contribution in [2.45, 2.75) is 44.6 Å². The zero-order valence-electron chi connectivity index (χ0n) is 18.4. The van der Waals surface area contributed by atoms with Crippen molar-refractivity contribution >= 4 is 11.6 Å². The van der Waals surface area contributed by atoms with Crippen molar-refractivity contribution in [1.29, 1.82) is 5.26 Å². The van der Waals surface area contributed by atoms with Gasteiger partial charge in [-0.05, 0) is 43.7 Å². The summed E-state index contributed by atoms with van der Waals surface area (Å²) in [5, 5.41) is 12.9. The second kappa shape index (κ2) is 9.21. The minimum atomic E-state index is -4.43. The van der Waals surface area contributed by atoms with Gasteiger partial charge in [-0.15, -0.1) is 0 Å². The second-order valence-electron chi connectivity index (χ2n) is 8.45. The highest BCUT2D eigenvalue weighted by Gasteiger charge is 2.49. The third-order valence-electron chi connectivity index (χ3n) is 5.80. The van der Waals surface area contributed by atoms with Crippen molar-refractivity contribution < 1.29 is 18.0 Å². The molecule has 1 atom stereocenters. The van der Waals surface area contributed by atoms with Gasteiger partial charge in [-0.3, -0.25) is 9.69 Å². The fourth-order valence-electron chi connectivity index (χ4n) is 4.18. The Labute approximate surface area is 186 Å². The Morgan fingerprint density at radius 2 is 1.75 bits per heavy atom. The lowest BCUT2D eigenvalue weighted by atomic mass is 9.86. The van der Waals surface area contributed by atoms with E-state index in [9.17, 15) is 23.2 Å². The van der Waals surface area contributed by atoms with Gasteiger partial charge in [0.1, 0.15) is 5.54 Å². The highest BCUT2D eigenvalue weighted by molar-refractivity contribution is 5.73. The molecule has 1 saturated heterocycles. The first-order valence-electron chi connectivity index (χ1n) is 10.5. The lowest BCUT2D eigenvalue weighted by Gasteiger charge is -2.54. The molecule has 0 radical (unpaired) electrons. The molecule has 1 aliphatic heterocycles. The third kappa shape index (κ3) is 5.05. The number of nitriles is 1. The number of nitrogens with zero attached hydrogens (tertiary/aromatic N) is 3. The van der Waals surface area contributed by atoms with Gasteiger partial charge in [-0.25, -0.2) is 0 Å². The maximum atomic E-state index is 13.0. The van der Waals surface area contributed by atoms with Crippen molar-refractivity contribution in [1.82, 2.24) is 10.2 Å². The molecule has 0 aliphatic carbocycles. The summed E-state index contributed by atoms with van der Waals surface area (Å²) in [4.78, 5) is 16.0. The second-order valence-corrected chi connectivity index (χ2v) is 8.45. The third-order valence-corrected chi connectivity index (χ3v) is 5.80. The first-order valence-corrected chi connectivity index (χ1v) is 10.5. The van der Waals surface area contributed by atoms with E-state index < -0.39 is 23.3 Å². The predicted molar refractivity (Wildman–Crippen MR) is 117 cm³/mol. The molecular weight excluding hydrogens is 417 g/mol. The lowest BCUT2D eigenvalue weighted by molar-refractivity contribution is -0.137. The number of benzene rings is 2. The van der Waals surface area contributed by atoms with Crippen LogP contribution in [0.25, 0.3) is 0 Å². The summed E-state index contributed by atoms with van der Waals surface area (Å²) in [6, 6.07) is 16.5. The Bertz CT molecular complexity index is 961. The number of carbonyl (C=O) groups is 1. The quantitative estimate of drug-likeness (QED) is 0.689. The monoisotopic (exact) mass is 444 g/mol. The number of hydrogen-bond acceptors (Lipinski definition) is 4. The van der Waals surface area contributed by atoms with Gasteiger partial charge in [-0.2, -0.15) is 18.4 Å². The number of halogens is 3. The van der Waals surface area contributed by atoms with Crippen LogP contribution in [0.5, 0.6) is 0 Å². The Hall–Kier alpha value is -3.05. The SMILES string of the molecule is CC(=O)NC(CN(C(C)C)C1(C#N)CN(c2ccccc2)C1)c1ccc(C(F)(F)F)cc1. The van der Waals surface area contributed by atoms with Crippen LogP contribution < -0.4 is 10.2 Å². The topological polar surface area (TPSA) is 59.4 Å². The van der Waals surface area contributed by atoms with Crippen LogP contribution in [0, 0.1) is 11.3 Å². The number of alkyl halides is 3. The number of rotatable bonds is 7. The number of hydrogen-bond donors (Lipinski definition) is 1. The van der Waals surface area contributed by atoms with Gasteiger partial charge in [0.25, 0.3) is 0 Å². The summed E-state index contributed by atoms with van der Waals surface area (Å²) in [5.41, 5.74) is 0.0936. The Morgan fingerprint density at radius 1 is 1.16 bits per heavy atom. The molecule has 1 N–H and O–H groups in total. The Morgan fingerprint density at radius 3 is 2.22 bits per heavy atom. The van der Waals surface area contributed by atoms with Gasteiger partial charge < -0.3 is 10.2 Å². The van der Waals surface area contributed by atoms with Crippen LogP contribution in [0.15, 0.2) is 54.6 Å². The van der Waals surface area contributed by atoms with Crippen LogP contribution in [-0.2, 0) is 11.0 Å². The van der Waals surface area contributed by atoms with Gasteiger partial charge in [-0.1, -0.05) is 30.3 Å². The molecule has 5 nitrogen and oxygen atoms in total. The van der Waals surface area contributed by atoms with E-state index in [0.717, 1.165) is 17.8 Å². The number of para-hydroxylation sites is 1. The average Bonchev–Trinajstić information content (AvgIpc) is 2.71. The van der Waals surface area contributed by atoms with Crippen LogP contribution in [0.4, 0.5) is 18.9 Å². The summed E-state index contributed by atoms with van der Waals surface area (Å²) in [6.07, 6.45) is -4.43. The maximum absolute atomic E-state index is 13.0. The van der Waals surface area contributed by atoms with Crippen molar-refractivity contribution in [3.05, 3.63) is 65.7 Å². The smallest absolute Gasteiger partial charge is 0.365 e. The van der Waals surface area contributed by atoms with Crippen LogP contribution in [-0.4, -0.2) is 42.0 Å². The van der Waals surface area contributed by atoms with Gasteiger partial charge in [0.05, 0.1) is 30.8 Å². The van der Waals surface area contributed by atoms with Gasteiger partial charge in [0.2, 0.25) is 5.91 Å². The van der Waals surface area contributed by atoms with Crippen molar-refractivity contribution in [3.63, 3.8) is 0 Å². The minimum Gasteiger partial charge on any atom is -0.365 e. The lowest BCUT2D eigenvalue weighted by Crippen LogP contribution is -2.71. The molecule has 0 spiro atoms. The summed E-state index contributed by atoms with van der Waals surface area (Å²) >= 11 is 0. The molecule has 8 heteroatoms. The summed E-state index contributed by atoms with van der Waals surface area (Å²) < 4.78 is 38.9. The molecule has 0 saturated carbocycles. The predicted octanol–water partition coefficient (Wildman–Crippen LogP) is 4.38. The van der Waals surface area contributed by atoms with Crippen LogP contribution >= 0.6 is 0 Å². The molecule has 170 valence electrons. The molecule has 2 aromatic carbocycles. The zero-order valence-corrected chi connectivity index (χ0v) is 18.4. The highest BCUT2D eigenvalue weighted by atomic mass is 19.4. The molecule has 0 aromatic heterocycles. The van der Waals surface area contributed by atoms with Gasteiger partial charge >= 0.3 is 6.18 Å². The fraction of sp³-hybridized carbons (Fsp3) is 0.417. The van der Waals surface area contributed by atoms with Crippen molar-refractivity contribution in [2.75, 3.05) is 24.5 Å². The summed E-state index contributed by atoms with van der Waals surface area (Å²) in [6.45, 7) is 6.64. The molecule has 0 bridgehead atoms. The van der Waals surface area contributed by atoms with Crippen LogP contribution in [0.3, 0.4) is 0 Å². The van der Waals surface area contributed by atoms with E-state index in [0.29, 0.717) is 25.2 Å². The summed E-state index contributed by atoms with van der Waals surface area (Å²) in [7, 11) is 0. The molecular formula is C24H27F3N4O. The molecule has 1 amide bonds. The van der Waals surface area contributed by atoms with Crippen LogP contribution in [0.1, 0.15) is 37.9 Å². The number of anilines is 1. The highest BCUT2D eigenvalue weighted by Crippen LogP contribution is 2.35. The summed E-state index contributed by atoms with van der Waals surface area (Å²) in [5.74, 6) is -0.288. The molecule has 3 rings (SSSR count). The van der Waals surface area contributed by atoms with Crippen LogP contribution in [0.2, 0.25) is 0 Å².